The van der Waals surface area contributed by atoms with Gasteiger partial charge in [-0.1, -0.05) is 161 Å². The Kier molecular flexibility index (Phi) is 33.5. The van der Waals surface area contributed by atoms with Crippen molar-refractivity contribution in [3.05, 3.63) is 213 Å². The smallest absolute Gasteiger partial charge is 0.374 e. The number of carbonyl (C=O) groups is 14. The molecular weight excluding hydrogens is 1610 g/mol. The van der Waals surface area contributed by atoms with Crippen molar-refractivity contribution in [3.8, 4) is 67.5 Å². The fourth-order valence-corrected chi connectivity index (χ4v) is 15.7. The number of rotatable bonds is 30. The molecule has 0 saturated heterocycles. The van der Waals surface area contributed by atoms with Crippen LogP contribution in [0.3, 0.4) is 0 Å². The number of fused-ring (bicyclic) bond motifs is 10. The molecule has 2 heterocycles. The standard InChI is InChI=1S/C48H52ClN3O10.C48H52ClN3O9/c1-27(45(58)48(61)62-4)21-42(56)38-24-29-8-18-39(53)36(23-29)37-25-33(15-19-40(37)54)44(43(57)22-28(2)46(59)51-38)52(3)47(60)34(7-5-6-20-50)26-41(55)32-11-9-30(10-12-32)31-13-16-35(49)17-14-31;1-27(46(59)29(3)53)21-43(57)39-24-30-8-18-40(54)37(23-30)38-25-34(15-19-41(38)55)45(44(58)22-28(2)47(60)51-39)52(4)48(61)35(7-5-6-20-50)26-42(56)33-11-9-31(10-12-33)32-13-16-36(49)17-14-32/h8-19,23,25,27-28,34,38,44,53-54H,5-7,20-22,24,26,50H2,1-4H3,(H,51,59);8-19,23,25,27-28,35,39,45,54-55H,5-7,20-22,24,26,50H2,1-4H3,(H,51,60)/t27-,28-,34-,38+,44+;27-,28-,35-,39+,45+/m11/s1. The van der Waals surface area contributed by atoms with Crippen LogP contribution in [0.2, 0.25) is 10.0 Å². The van der Waals surface area contributed by atoms with E-state index in [0.29, 0.717) is 89.5 Å². The maximum Gasteiger partial charge on any atom is 0.374 e. The van der Waals surface area contributed by atoms with Crippen LogP contribution in [-0.2, 0) is 75.1 Å². The highest BCUT2D eigenvalue weighted by Gasteiger charge is 2.40. The Morgan fingerprint density at radius 3 is 1.11 bits per heavy atom. The summed E-state index contributed by atoms with van der Waals surface area (Å²) in [4.78, 5) is 192. The second-order valence-electron chi connectivity index (χ2n) is 31.9. The van der Waals surface area contributed by atoms with Crippen LogP contribution in [0.5, 0.6) is 23.0 Å². The Labute approximate surface area is 724 Å². The van der Waals surface area contributed by atoms with Gasteiger partial charge < -0.3 is 57.1 Å². The van der Waals surface area contributed by atoms with Crippen LogP contribution >= 0.6 is 23.2 Å². The van der Waals surface area contributed by atoms with Crippen LogP contribution in [-0.4, -0.2) is 158 Å². The van der Waals surface area contributed by atoms with Gasteiger partial charge in [0.05, 0.1) is 19.2 Å². The summed E-state index contributed by atoms with van der Waals surface area (Å²) in [6.07, 6.45) is 0.952. The molecule has 2 aliphatic rings. The number of phenolic OH excluding ortho intramolecular Hbond substituents is 4. The minimum absolute atomic E-state index is 0.0590. The summed E-state index contributed by atoms with van der Waals surface area (Å²) < 4.78 is 4.52. The predicted octanol–water partition coefficient (Wildman–Crippen LogP) is 13.6. The van der Waals surface area contributed by atoms with Crippen LogP contribution in [0.15, 0.2) is 170 Å². The Morgan fingerprint density at radius 2 is 0.772 bits per heavy atom. The molecule has 8 aromatic rings. The molecule has 0 saturated carbocycles. The van der Waals surface area contributed by atoms with Gasteiger partial charge in [-0.3, -0.25) is 62.3 Å². The number of ether oxygens (including phenoxy) is 1. The normalized spacial score (nSPS) is 17.6. The number of nitrogens with one attached hydrogen (secondary N) is 2. The van der Waals surface area contributed by atoms with Gasteiger partial charge in [0.25, 0.3) is 0 Å². The number of carbonyl (C=O) groups excluding carboxylic acids is 14. The zero-order chi connectivity index (χ0) is 89.8. The van der Waals surface area contributed by atoms with Gasteiger partial charge in [0.2, 0.25) is 35.2 Å². The van der Waals surface area contributed by atoms with E-state index in [9.17, 15) is 87.5 Å². The number of ketones is 9. The number of esters is 1. The van der Waals surface area contributed by atoms with Crippen molar-refractivity contribution in [1.82, 2.24) is 20.4 Å². The molecule has 25 nitrogen and oxygen atoms in total. The molecule has 0 radical (unpaired) electrons. The first kappa shape index (κ1) is 94.7. The van der Waals surface area contributed by atoms with Gasteiger partial charge in [0.1, 0.15) is 35.1 Å². The number of Topliss-reactive ketones (excluding diaryl/α,β-unsaturated/α-hetero) is 9. The number of phenols is 4. The number of hydrogen-bond acceptors (Lipinski definition) is 21. The maximum atomic E-state index is 14.6. The number of likely N-dealkylation sites (N-methyl/N-ethyl adjacent to an activating group) is 2. The van der Waals surface area contributed by atoms with E-state index in [4.69, 9.17) is 34.7 Å². The van der Waals surface area contributed by atoms with Gasteiger partial charge in [0, 0.05) is 138 Å². The molecule has 10 rings (SSSR count). The van der Waals surface area contributed by atoms with Crippen molar-refractivity contribution in [2.24, 2.45) is 47.0 Å². The van der Waals surface area contributed by atoms with E-state index in [1.54, 1.807) is 66.7 Å². The minimum atomic E-state index is -1.31. The third kappa shape index (κ3) is 24.6. The Morgan fingerprint density at radius 1 is 0.447 bits per heavy atom. The van der Waals surface area contributed by atoms with Crippen molar-refractivity contribution in [2.75, 3.05) is 34.3 Å². The lowest BCUT2D eigenvalue weighted by molar-refractivity contribution is -0.153. The van der Waals surface area contributed by atoms with Gasteiger partial charge in [-0.25, -0.2) is 4.79 Å². The lowest BCUT2D eigenvalue weighted by Gasteiger charge is -2.32. The Bertz CT molecular complexity index is 5290. The van der Waals surface area contributed by atoms with Crippen molar-refractivity contribution in [3.63, 3.8) is 0 Å². The minimum Gasteiger partial charge on any atom is -0.507 e. The van der Waals surface area contributed by atoms with Crippen molar-refractivity contribution in [2.45, 2.75) is 149 Å². The highest BCUT2D eigenvalue weighted by Crippen LogP contribution is 2.43. The molecule has 0 aromatic heterocycles. The number of aromatic hydroxyl groups is 4. The van der Waals surface area contributed by atoms with Gasteiger partial charge in [-0.2, -0.15) is 0 Å². The third-order valence-electron chi connectivity index (χ3n) is 22.6. The number of benzene rings is 8. The Balaban J connectivity index is 0.000000279. The summed E-state index contributed by atoms with van der Waals surface area (Å²) in [5, 5.41) is 51.1. The third-order valence-corrected chi connectivity index (χ3v) is 23.1. The van der Waals surface area contributed by atoms with Crippen molar-refractivity contribution < 1.29 is 92.3 Å². The average Bonchev–Trinajstić information content (AvgIpc) is 0.785. The largest absolute Gasteiger partial charge is 0.507 e. The first-order valence-electron chi connectivity index (χ1n) is 40.9. The van der Waals surface area contributed by atoms with Gasteiger partial charge in [0.15, 0.2) is 40.5 Å². The highest BCUT2D eigenvalue weighted by atomic mass is 35.5. The van der Waals surface area contributed by atoms with E-state index in [-0.39, 0.29) is 107 Å². The number of nitrogens with two attached hydrogens (primary N) is 2. The quantitative estimate of drug-likeness (QED) is 0.00897. The van der Waals surface area contributed by atoms with E-state index in [1.165, 1.54) is 106 Å². The van der Waals surface area contributed by atoms with E-state index in [0.717, 1.165) is 36.3 Å². The summed E-state index contributed by atoms with van der Waals surface area (Å²) in [5.74, 6) is -15.0. The van der Waals surface area contributed by atoms with Gasteiger partial charge >= 0.3 is 5.97 Å². The number of amides is 4. The summed E-state index contributed by atoms with van der Waals surface area (Å²) in [6, 6.07) is 41.3. The monoisotopic (exact) mass is 1710 g/mol. The van der Waals surface area contributed by atoms with Crippen LogP contribution in [0.25, 0.3) is 44.5 Å². The van der Waals surface area contributed by atoms with E-state index in [2.05, 4.69) is 15.4 Å². The van der Waals surface area contributed by atoms with Gasteiger partial charge in [-0.15, -0.1) is 0 Å². The molecule has 0 fully saturated rings. The first-order valence-corrected chi connectivity index (χ1v) is 41.7. The zero-order valence-electron chi connectivity index (χ0n) is 70.0. The summed E-state index contributed by atoms with van der Waals surface area (Å²) in [6.45, 7) is 7.76. The number of unbranched alkanes of at least 4 members (excludes halogenated alkanes) is 2. The number of hydrogen-bond donors (Lipinski definition) is 8. The van der Waals surface area contributed by atoms with Gasteiger partial charge in [-0.05, 0) is 169 Å². The van der Waals surface area contributed by atoms with E-state index in [1.807, 2.05) is 48.5 Å². The lowest BCUT2D eigenvalue weighted by atomic mass is 9.87. The molecule has 27 heteroatoms. The Hall–Kier alpha value is -12.2. The highest BCUT2D eigenvalue weighted by molar-refractivity contribution is 6.37. The first-order chi connectivity index (χ1) is 58.5. The molecule has 0 unspecified atom stereocenters. The van der Waals surface area contributed by atoms with Crippen molar-refractivity contribution in [1.29, 1.82) is 0 Å². The predicted molar refractivity (Wildman–Crippen MR) is 465 cm³/mol. The summed E-state index contributed by atoms with van der Waals surface area (Å²) >= 11 is 12.1. The number of halogens is 2. The SMILES string of the molecule is CC(=O)C(=O)[C@H](C)CC(=O)[C@@H]1Cc2ccc(O)c(c2)-c2cc(ccc2O)[C@H](N(C)C(=O)[C@H](CCCCN)CC(=O)c2ccc(-c3ccc(Cl)cc3)cc2)C(=O)C[C@@H](C)C(=O)N1.COC(=O)C(=O)[C@H](C)CC(=O)[C@@H]1Cc2ccc(O)c(c2)-c2cc(ccc2O)[C@H](N(C)C(=O)[C@H](CCCCN)CC(=O)c2ccc(-c3ccc(Cl)cc3)cc2)C(=O)C[C@@H](C)C(=O)N1. The molecule has 2 aliphatic heterocycles. The van der Waals surface area contributed by atoms with Crippen LogP contribution < -0.4 is 22.1 Å². The fourth-order valence-electron chi connectivity index (χ4n) is 15.5. The molecule has 4 amide bonds. The second kappa shape index (κ2) is 43.6. The topological polar surface area (TPSA) is 412 Å². The molecule has 8 aromatic carbocycles. The van der Waals surface area contributed by atoms with Crippen LogP contribution in [0.1, 0.15) is 167 Å². The molecule has 646 valence electrons. The number of nitrogens with zero attached hydrogens (tertiary/aromatic N) is 2. The van der Waals surface area contributed by atoms with Crippen LogP contribution in [0.4, 0.5) is 0 Å². The number of methoxy groups -OCH3 is 1. The molecule has 123 heavy (non-hydrogen) atoms. The van der Waals surface area contributed by atoms with E-state index < -0.39 is 136 Å². The van der Waals surface area contributed by atoms with E-state index >= 15 is 0 Å². The zero-order valence-corrected chi connectivity index (χ0v) is 71.5. The second-order valence-corrected chi connectivity index (χ2v) is 32.8. The lowest BCUT2D eigenvalue weighted by Crippen LogP contribution is -2.46. The summed E-state index contributed by atoms with van der Waals surface area (Å²) in [7, 11) is 3.97. The molecule has 10 N–H and O–H groups in total. The maximum absolute atomic E-state index is 14.6. The van der Waals surface area contributed by atoms with Crippen LogP contribution in [0, 0.1) is 35.5 Å². The fraction of sp³-hybridized carbons (Fsp3) is 0.354. The average molecular weight is 1720 g/mol. The molecule has 0 aliphatic carbocycles. The molecule has 8 bridgehead atoms. The molecule has 0 spiro atoms. The summed E-state index contributed by atoms with van der Waals surface area (Å²) in [5.41, 5.74) is 18.1. The van der Waals surface area contributed by atoms with Crippen molar-refractivity contribution >= 4 is 105 Å². The molecular formula is C96H104Cl2N6O19. The molecule has 10 atom stereocenters.